The Morgan fingerprint density at radius 3 is 2.54 bits per heavy atom. The molecule has 0 radical (unpaired) electrons. The number of carbonyl (C=O) groups is 1. The molecular formula is C18H19ClFNO3. The van der Waals surface area contributed by atoms with Gasteiger partial charge in [0.25, 0.3) is 5.91 Å². The van der Waals surface area contributed by atoms with Crippen LogP contribution >= 0.6 is 11.6 Å². The van der Waals surface area contributed by atoms with Crippen LogP contribution in [-0.4, -0.2) is 19.1 Å². The highest BCUT2D eigenvalue weighted by molar-refractivity contribution is 6.32. The number of ether oxygens (including phenoxy) is 2. The largest absolute Gasteiger partial charge is 0.497 e. The lowest BCUT2D eigenvalue weighted by atomic mass is 10.2. The molecule has 0 fully saturated rings. The van der Waals surface area contributed by atoms with Crippen LogP contribution < -0.4 is 14.8 Å². The van der Waals surface area contributed by atoms with Crippen molar-refractivity contribution in [1.29, 1.82) is 0 Å². The first-order valence-corrected chi connectivity index (χ1v) is 7.93. The molecule has 24 heavy (non-hydrogen) atoms. The van der Waals surface area contributed by atoms with E-state index in [-0.39, 0.29) is 16.7 Å². The van der Waals surface area contributed by atoms with E-state index in [1.54, 1.807) is 7.11 Å². The smallest absolute Gasteiger partial charge is 0.261 e. The summed E-state index contributed by atoms with van der Waals surface area (Å²) in [6, 6.07) is 11.2. The van der Waals surface area contributed by atoms with Crippen molar-refractivity contribution in [3.05, 3.63) is 58.9 Å². The average Bonchev–Trinajstić information content (AvgIpc) is 2.59. The Morgan fingerprint density at radius 1 is 1.25 bits per heavy atom. The third kappa shape index (κ3) is 4.86. The van der Waals surface area contributed by atoms with Gasteiger partial charge in [0.1, 0.15) is 17.3 Å². The fourth-order valence-corrected chi connectivity index (χ4v) is 2.30. The van der Waals surface area contributed by atoms with Crippen LogP contribution in [0.2, 0.25) is 5.02 Å². The van der Waals surface area contributed by atoms with Crippen molar-refractivity contribution < 1.29 is 18.7 Å². The minimum absolute atomic E-state index is 0.136. The van der Waals surface area contributed by atoms with Crippen LogP contribution in [-0.2, 0) is 11.3 Å². The van der Waals surface area contributed by atoms with Crippen LogP contribution in [0.3, 0.4) is 0 Å². The zero-order valence-electron chi connectivity index (χ0n) is 13.5. The fraction of sp³-hybridized carbons (Fsp3) is 0.278. The van der Waals surface area contributed by atoms with Crippen molar-refractivity contribution in [2.75, 3.05) is 7.11 Å². The number of nitrogens with one attached hydrogen (secondary N) is 1. The number of hydrogen-bond acceptors (Lipinski definition) is 3. The SMILES string of the molecule is CCC(Oc1ccc(F)cc1Cl)C(=O)NCc1ccc(OC)cc1. The second-order valence-corrected chi connectivity index (χ2v) is 5.56. The molecule has 1 amide bonds. The molecule has 1 atom stereocenters. The van der Waals surface area contributed by atoms with Gasteiger partial charge in [-0.15, -0.1) is 0 Å². The number of amides is 1. The van der Waals surface area contributed by atoms with Gasteiger partial charge >= 0.3 is 0 Å². The van der Waals surface area contributed by atoms with Crippen LogP contribution in [0, 0.1) is 5.82 Å². The second-order valence-electron chi connectivity index (χ2n) is 5.16. The van der Waals surface area contributed by atoms with Crippen LogP contribution in [0.4, 0.5) is 4.39 Å². The van der Waals surface area contributed by atoms with Gasteiger partial charge in [-0.25, -0.2) is 4.39 Å². The lowest BCUT2D eigenvalue weighted by Crippen LogP contribution is -2.37. The fourth-order valence-electron chi connectivity index (χ4n) is 2.09. The zero-order valence-corrected chi connectivity index (χ0v) is 14.3. The van der Waals surface area contributed by atoms with Gasteiger partial charge in [0.2, 0.25) is 0 Å². The summed E-state index contributed by atoms with van der Waals surface area (Å²) in [6.07, 6.45) is -0.242. The molecule has 128 valence electrons. The molecule has 0 aliphatic rings. The van der Waals surface area contributed by atoms with Gasteiger partial charge in [0.05, 0.1) is 12.1 Å². The Balaban J connectivity index is 1.95. The van der Waals surface area contributed by atoms with E-state index < -0.39 is 11.9 Å². The summed E-state index contributed by atoms with van der Waals surface area (Å²) in [5.41, 5.74) is 0.943. The minimum Gasteiger partial charge on any atom is -0.497 e. The lowest BCUT2D eigenvalue weighted by molar-refractivity contribution is -0.128. The number of halogens is 2. The van der Waals surface area contributed by atoms with Gasteiger partial charge in [-0.2, -0.15) is 0 Å². The van der Waals surface area contributed by atoms with Crippen molar-refractivity contribution in [2.24, 2.45) is 0 Å². The summed E-state index contributed by atoms with van der Waals surface area (Å²) in [5.74, 6) is 0.327. The Labute approximate surface area is 145 Å². The Bertz CT molecular complexity index is 691. The lowest BCUT2D eigenvalue weighted by Gasteiger charge is -2.18. The summed E-state index contributed by atoms with van der Waals surface area (Å²) < 4.78 is 23.8. The molecule has 6 heteroatoms. The van der Waals surface area contributed by atoms with Gasteiger partial charge in [0.15, 0.2) is 6.10 Å². The summed E-state index contributed by atoms with van der Waals surface area (Å²) in [6.45, 7) is 2.20. The number of rotatable bonds is 7. The Hall–Kier alpha value is -2.27. The molecule has 0 aliphatic heterocycles. The monoisotopic (exact) mass is 351 g/mol. The normalized spacial score (nSPS) is 11.7. The standard InChI is InChI=1S/C18H19ClFNO3/c1-3-16(24-17-9-6-13(20)10-15(17)19)18(22)21-11-12-4-7-14(23-2)8-5-12/h4-10,16H,3,11H2,1-2H3,(H,21,22). The summed E-state index contributed by atoms with van der Waals surface area (Å²) >= 11 is 5.93. The number of methoxy groups -OCH3 is 1. The molecule has 0 saturated heterocycles. The Kier molecular flexibility index (Phi) is 6.44. The van der Waals surface area contributed by atoms with E-state index in [1.165, 1.54) is 12.1 Å². The van der Waals surface area contributed by atoms with Crippen LogP contribution in [0.1, 0.15) is 18.9 Å². The van der Waals surface area contributed by atoms with Crippen molar-refractivity contribution >= 4 is 17.5 Å². The second kappa shape index (κ2) is 8.55. The minimum atomic E-state index is -0.703. The maximum absolute atomic E-state index is 13.1. The van der Waals surface area contributed by atoms with Crippen molar-refractivity contribution in [3.63, 3.8) is 0 Å². The highest BCUT2D eigenvalue weighted by Crippen LogP contribution is 2.26. The summed E-state index contributed by atoms with van der Waals surface area (Å²) in [7, 11) is 1.60. The van der Waals surface area contributed by atoms with E-state index in [4.69, 9.17) is 21.1 Å². The van der Waals surface area contributed by atoms with E-state index in [9.17, 15) is 9.18 Å². The van der Waals surface area contributed by atoms with Crippen LogP contribution in [0.15, 0.2) is 42.5 Å². The third-order valence-corrected chi connectivity index (χ3v) is 3.75. The molecule has 2 aromatic carbocycles. The maximum Gasteiger partial charge on any atom is 0.261 e. The van der Waals surface area contributed by atoms with Gasteiger partial charge in [0, 0.05) is 6.54 Å². The molecule has 1 unspecified atom stereocenters. The van der Waals surface area contributed by atoms with Crippen molar-refractivity contribution in [1.82, 2.24) is 5.32 Å². The van der Waals surface area contributed by atoms with E-state index >= 15 is 0 Å². The first kappa shape index (κ1) is 18.1. The van der Waals surface area contributed by atoms with E-state index in [2.05, 4.69) is 5.32 Å². The number of carbonyl (C=O) groups excluding carboxylic acids is 1. The molecule has 0 heterocycles. The molecule has 0 spiro atoms. The van der Waals surface area contributed by atoms with Crippen molar-refractivity contribution in [3.8, 4) is 11.5 Å². The summed E-state index contributed by atoms with van der Waals surface area (Å²) in [5, 5.41) is 2.95. The molecular weight excluding hydrogens is 333 g/mol. The van der Waals surface area contributed by atoms with E-state index in [0.717, 1.165) is 17.4 Å². The average molecular weight is 352 g/mol. The predicted molar refractivity (Wildman–Crippen MR) is 91.0 cm³/mol. The predicted octanol–water partition coefficient (Wildman–Crippen LogP) is 3.96. The zero-order chi connectivity index (χ0) is 17.5. The van der Waals surface area contributed by atoms with Crippen molar-refractivity contribution in [2.45, 2.75) is 26.0 Å². The highest BCUT2D eigenvalue weighted by Gasteiger charge is 2.19. The summed E-state index contributed by atoms with van der Waals surface area (Å²) in [4.78, 5) is 12.3. The molecule has 1 N–H and O–H groups in total. The Morgan fingerprint density at radius 2 is 1.96 bits per heavy atom. The molecule has 2 rings (SSSR count). The molecule has 0 aliphatic carbocycles. The first-order valence-electron chi connectivity index (χ1n) is 7.55. The van der Waals surface area contributed by atoms with Gasteiger partial charge < -0.3 is 14.8 Å². The quantitative estimate of drug-likeness (QED) is 0.821. The molecule has 4 nitrogen and oxygen atoms in total. The maximum atomic E-state index is 13.1. The van der Waals surface area contributed by atoms with Gasteiger partial charge in [-0.3, -0.25) is 4.79 Å². The van der Waals surface area contributed by atoms with E-state index in [1.807, 2.05) is 31.2 Å². The van der Waals surface area contributed by atoms with E-state index in [0.29, 0.717) is 13.0 Å². The molecule has 0 bridgehead atoms. The molecule has 0 aromatic heterocycles. The number of hydrogen-bond donors (Lipinski definition) is 1. The highest BCUT2D eigenvalue weighted by atomic mass is 35.5. The van der Waals surface area contributed by atoms with Gasteiger partial charge in [-0.05, 0) is 42.3 Å². The van der Waals surface area contributed by atoms with Crippen LogP contribution in [0.5, 0.6) is 11.5 Å². The third-order valence-electron chi connectivity index (χ3n) is 3.45. The number of benzene rings is 2. The molecule has 2 aromatic rings. The molecule has 0 saturated carbocycles. The topological polar surface area (TPSA) is 47.6 Å². The van der Waals surface area contributed by atoms with Gasteiger partial charge in [-0.1, -0.05) is 30.7 Å². The van der Waals surface area contributed by atoms with Crippen LogP contribution in [0.25, 0.3) is 0 Å². The first-order chi connectivity index (χ1) is 11.5.